The quantitative estimate of drug-likeness (QED) is 0.0432. The summed E-state index contributed by atoms with van der Waals surface area (Å²) in [5, 5.41) is 0. The molecule has 0 aromatic heterocycles. The summed E-state index contributed by atoms with van der Waals surface area (Å²) in [7, 11) is 0. The number of hydrogen-bond donors (Lipinski definition) is 0. The molecule has 0 aliphatic carbocycles. The number of ether oxygens (including phenoxy) is 8. The van der Waals surface area contributed by atoms with Crippen LogP contribution >= 0.6 is 0 Å². The largest absolute Gasteiger partial charge is 0.477 e. The monoisotopic (exact) mass is 1040 g/mol. The van der Waals surface area contributed by atoms with Crippen molar-refractivity contribution in [2.24, 2.45) is 0 Å². The van der Waals surface area contributed by atoms with Crippen LogP contribution in [0.4, 0.5) is 11.4 Å². The van der Waals surface area contributed by atoms with Gasteiger partial charge in [-0.1, -0.05) is 109 Å². The zero-order chi connectivity index (χ0) is 55.8. The predicted octanol–water partition coefficient (Wildman–Crippen LogP) is 8.58. The number of terminal acetylenes is 8. The van der Waals surface area contributed by atoms with Gasteiger partial charge in [0.2, 0.25) is 11.8 Å². The molecule has 6 aromatic carbocycles. The molecule has 388 valence electrons. The Hall–Kier alpha value is -10.9. The van der Waals surface area contributed by atoms with Crippen LogP contribution in [0.3, 0.4) is 0 Å². The van der Waals surface area contributed by atoms with Crippen molar-refractivity contribution in [1.29, 1.82) is 0 Å². The van der Waals surface area contributed by atoms with Crippen LogP contribution in [-0.2, 0) is 20.4 Å². The van der Waals surface area contributed by atoms with Crippen molar-refractivity contribution in [1.82, 2.24) is 0 Å². The van der Waals surface area contributed by atoms with Gasteiger partial charge in [0.1, 0.15) is 63.2 Å². The van der Waals surface area contributed by atoms with Crippen LogP contribution in [0.15, 0.2) is 121 Å². The van der Waals surface area contributed by atoms with Gasteiger partial charge in [-0.2, -0.15) is 0 Å². The lowest BCUT2D eigenvalue weighted by Crippen LogP contribution is -2.43. The Morgan fingerprint density at radius 1 is 0.354 bits per heavy atom. The van der Waals surface area contributed by atoms with Crippen molar-refractivity contribution < 1.29 is 47.5 Å². The minimum Gasteiger partial charge on any atom is -0.477 e. The lowest BCUT2D eigenvalue weighted by Gasteiger charge is -2.32. The summed E-state index contributed by atoms with van der Waals surface area (Å²) in [5.41, 5.74) is 1.62. The van der Waals surface area contributed by atoms with E-state index in [0.717, 1.165) is 0 Å². The van der Waals surface area contributed by atoms with Gasteiger partial charge in [-0.15, -0.1) is 45.0 Å². The fourth-order valence-electron chi connectivity index (χ4n) is 10.1. The van der Waals surface area contributed by atoms with Crippen LogP contribution in [0, 0.1) is 98.9 Å². The highest BCUT2D eigenvalue weighted by atomic mass is 16.5. The lowest BCUT2D eigenvalue weighted by molar-refractivity contribution is -0.121. The number of anilines is 2. The van der Waals surface area contributed by atoms with E-state index in [9.17, 15) is 0 Å². The second kappa shape index (κ2) is 25.1. The van der Waals surface area contributed by atoms with Gasteiger partial charge in [0, 0.05) is 35.6 Å². The van der Waals surface area contributed by atoms with Crippen molar-refractivity contribution in [3.63, 3.8) is 0 Å². The third-order valence-corrected chi connectivity index (χ3v) is 13.2. The van der Waals surface area contributed by atoms with Gasteiger partial charge in [0.05, 0.1) is 0 Å². The topological polar surface area (TPSA) is 114 Å². The van der Waals surface area contributed by atoms with Gasteiger partial charge >= 0.3 is 0 Å². The third kappa shape index (κ3) is 10.4. The van der Waals surface area contributed by atoms with Crippen LogP contribution in [0.2, 0.25) is 0 Å². The average Bonchev–Trinajstić information content (AvgIpc) is 3.38. The molecule has 0 saturated heterocycles. The molecule has 1 atom stereocenters. The molecular formula is C67H50N2O10. The number of rotatable bonds is 24. The van der Waals surface area contributed by atoms with E-state index in [0.29, 0.717) is 74.8 Å². The number of para-hydroxylation sites is 2. The van der Waals surface area contributed by atoms with Crippen molar-refractivity contribution in [2.45, 2.75) is 23.7 Å². The Balaban J connectivity index is 1.19. The number of hydrogen-bond acceptors (Lipinski definition) is 10. The maximum absolute atomic E-state index is 16.0. The van der Waals surface area contributed by atoms with Crippen LogP contribution in [0.5, 0.6) is 46.0 Å². The summed E-state index contributed by atoms with van der Waals surface area (Å²) in [6.07, 6.45) is 48.0. The molecular weight excluding hydrogens is 993 g/mol. The standard InChI is InChI=1S/C67H50N2O10/c1-9-37-73-56-31-27-48(44-60(56)72-16-8)66(49-28-32-57(74-38-10-2)61(45-49)77-41-13-5)52-23-17-19-25-54(52)68(64(66)70)35-21-22-36-69-55-26-20-18-24-53(55)67(65(69)71,50-29-33-58(75-39-11-3)62(46-50)78-42-14-6)51-30-34-59(76-40-12-4)63(47-51)79-43-15-7/h1-8,17-20,23-34,44-47H,21-22,35-43H2. The first-order valence-corrected chi connectivity index (χ1v) is 24.7. The van der Waals surface area contributed by atoms with Crippen LogP contribution in [-0.4, -0.2) is 71.2 Å². The fourth-order valence-corrected chi connectivity index (χ4v) is 10.1. The van der Waals surface area contributed by atoms with Gasteiger partial charge in [-0.3, -0.25) is 9.59 Å². The summed E-state index contributed by atoms with van der Waals surface area (Å²) < 4.78 is 47.2. The van der Waals surface area contributed by atoms with Crippen molar-refractivity contribution in [2.75, 3.05) is 69.1 Å². The second-order valence-electron chi connectivity index (χ2n) is 17.5. The number of benzene rings is 6. The van der Waals surface area contributed by atoms with Gasteiger partial charge < -0.3 is 47.7 Å². The molecule has 8 rings (SSSR count). The number of fused-ring (bicyclic) bond motifs is 2. The molecule has 2 aliphatic heterocycles. The molecule has 12 nitrogen and oxygen atoms in total. The van der Waals surface area contributed by atoms with E-state index >= 15 is 9.59 Å². The molecule has 0 spiro atoms. The van der Waals surface area contributed by atoms with E-state index in [2.05, 4.69) is 47.5 Å². The molecule has 0 N–H and O–H groups in total. The van der Waals surface area contributed by atoms with E-state index < -0.39 is 10.8 Å². The number of unbranched alkanes of at least 4 members (excludes halogenated alkanes) is 1. The highest BCUT2D eigenvalue weighted by Gasteiger charge is 2.55. The summed E-state index contributed by atoms with van der Waals surface area (Å²) in [5.74, 6) is 19.0. The summed E-state index contributed by atoms with van der Waals surface area (Å²) in [6, 6.07) is 35.8. The molecule has 6 aromatic rings. The SMILES string of the molecule is C#CCOc1ccc(C2(c3ccc(OCC#C)c(OCC#C)c3)C(=O)N(CCCCN3C(=O)C(c4ccc(OCC#C)c(OCC#C)c4)(c4ccc(OCC#C)c(OCC#C)c4)c4ccccc43)c3ccccc32)cc1OC#C. The van der Waals surface area contributed by atoms with E-state index in [1.807, 2.05) is 48.5 Å². The summed E-state index contributed by atoms with van der Waals surface area (Å²) >= 11 is 0. The highest BCUT2D eigenvalue weighted by Crippen LogP contribution is 2.55. The summed E-state index contributed by atoms with van der Waals surface area (Å²) in [4.78, 5) is 35.4. The Morgan fingerprint density at radius 2 is 0.633 bits per heavy atom. The zero-order valence-electron chi connectivity index (χ0n) is 42.9. The maximum atomic E-state index is 16.0. The maximum Gasteiger partial charge on any atom is 0.246 e. The number of nitrogens with zero attached hydrogens (tertiary/aromatic N) is 2. The van der Waals surface area contributed by atoms with Crippen LogP contribution in [0.25, 0.3) is 0 Å². The smallest absolute Gasteiger partial charge is 0.246 e. The lowest BCUT2D eigenvalue weighted by atomic mass is 9.70. The predicted molar refractivity (Wildman–Crippen MR) is 302 cm³/mol. The van der Waals surface area contributed by atoms with Gasteiger partial charge in [0.15, 0.2) is 46.0 Å². The van der Waals surface area contributed by atoms with Gasteiger partial charge in [0.25, 0.3) is 0 Å². The van der Waals surface area contributed by atoms with E-state index in [1.54, 1.807) is 82.6 Å². The molecule has 0 bridgehead atoms. The summed E-state index contributed by atoms with van der Waals surface area (Å²) in [6.45, 7) is -0.0264. The average molecular weight is 1040 g/mol. The molecule has 2 amide bonds. The molecule has 0 saturated carbocycles. The molecule has 12 heteroatoms. The van der Waals surface area contributed by atoms with Crippen LogP contribution in [0.1, 0.15) is 46.2 Å². The molecule has 1 unspecified atom stereocenters. The molecule has 0 radical (unpaired) electrons. The Bertz CT molecular complexity index is 3570. The number of carbonyl (C=O) groups is 2. The minimum absolute atomic E-state index is 0.0467. The fraction of sp³-hybridized carbons (Fsp3) is 0.194. The van der Waals surface area contributed by atoms with Crippen molar-refractivity contribution in [3.05, 3.63) is 155 Å². The van der Waals surface area contributed by atoms with E-state index in [1.165, 1.54) is 0 Å². The first-order valence-electron chi connectivity index (χ1n) is 24.7. The second-order valence-corrected chi connectivity index (χ2v) is 17.5. The van der Waals surface area contributed by atoms with Crippen LogP contribution < -0.4 is 47.7 Å². The zero-order valence-corrected chi connectivity index (χ0v) is 42.9. The van der Waals surface area contributed by atoms with Gasteiger partial charge in [-0.25, -0.2) is 0 Å². The first kappa shape index (κ1) is 54.4. The Morgan fingerprint density at radius 3 is 0.937 bits per heavy atom. The van der Waals surface area contributed by atoms with Gasteiger partial charge in [-0.05, 0) is 95.8 Å². The number of amides is 2. The van der Waals surface area contributed by atoms with Crippen molar-refractivity contribution in [3.8, 4) is 145 Å². The third-order valence-electron chi connectivity index (χ3n) is 13.2. The van der Waals surface area contributed by atoms with Crippen molar-refractivity contribution >= 4 is 23.2 Å². The number of carbonyl (C=O) groups excluding carboxylic acids is 2. The molecule has 79 heavy (non-hydrogen) atoms. The first-order chi connectivity index (χ1) is 38.7. The molecule has 2 heterocycles. The Labute approximate surface area is 461 Å². The van der Waals surface area contributed by atoms with E-state index in [-0.39, 0.29) is 99.9 Å². The normalized spacial score (nSPS) is 14.2. The van der Waals surface area contributed by atoms with E-state index in [4.69, 9.17) is 89.3 Å². The molecule has 0 fully saturated rings. The minimum atomic E-state index is -1.54. The highest BCUT2D eigenvalue weighted by molar-refractivity contribution is 6.14. The molecule has 2 aliphatic rings. The Kier molecular flexibility index (Phi) is 17.3.